The highest BCUT2D eigenvalue weighted by Crippen LogP contribution is 2.48. The first-order chi connectivity index (χ1) is 19.8. The van der Waals surface area contributed by atoms with Crippen molar-refractivity contribution in [3.8, 4) is 5.75 Å². The molecule has 0 spiro atoms. The Morgan fingerprint density at radius 1 is 0.854 bits per heavy atom. The molecule has 10 nitrogen and oxygen atoms in total. The van der Waals surface area contributed by atoms with E-state index in [1.165, 1.54) is 23.3 Å². The topological polar surface area (TPSA) is 119 Å². The van der Waals surface area contributed by atoms with Gasteiger partial charge in [0.2, 0.25) is 5.91 Å². The van der Waals surface area contributed by atoms with Crippen LogP contribution < -0.4 is 14.7 Å². The van der Waals surface area contributed by atoms with Gasteiger partial charge >= 0.3 is 5.97 Å². The molecule has 0 saturated carbocycles. The molecular formula is C30H20BrN3O7. The van der Waals surface area contributed by atoms with Crippen molar-refractivity contribution in [2.75, 3.05) is 9.96 Å². The number of esters is 1. The van der Waals surface area contributed by atoms with Gasteiger partial charge in [0.05, 0.1) is 27.9 Å². The van der Waals surface area contributed by atoms with Crippen molar-refractivity contribution in [1.29, 1.82) is 0 Å². The van der Waals surface area contributed by atoms with Gasteiger partial charge in [-0.1, -0.05) is 52.3 Å². The Labute approximate surface area is 241 Å². The summed E-state index contributed by atoms with van der Waals surface area (Å²) in [6.45, 7) is 0. The van der Waals surface area contributed by atoms with Gasteiger partial charge in [0.25, 0.3) is 11.6 Å². The molecule has 4 aromatic carbocycles. The molecule has 0 bridgehead atoms. The van der Waals surface area contributed by atoms with Crippen LogP contribution in [0.4, 0.5) is 17.1 Å². The van der Waals surface area contributed by atoms with E-state index >= 15 is 0 Å². The van der Waals surface area contributed by atoms with Gasteiger partial charge in [-0.3, -0.25) is 24.5 Å². The molecule has 6 rings (SSSR count). The molecule has 3 atom stereocenters. The molecule has 0 aliphatic carbocycles. The lowest BCUT2D eigenvalue weighted by Crippen LogP contribution is -2.37. The highest BCUT2D eigenvalue weighted by molar-refractivity contribution is 9.10. The lowest BCUT2D eigenvalue weighted by Gasteiger charge is -2.28. The Morgan fingerprint density at radius 3 is 2.24 bits per heavy atom. The number of carbonyl (C=O) groups is 3. The second-order valence-electron chi connectivity index (χ2n) is 9.41. The largest absolute Gasteiger partial charge is 0.423 e. The van der Waals surface area contributed by atoms with E-state index in [-0.39, 0.29) is 11.4 Å². The zero-order chi connectivity index (χ0) is 28.7. The molecule has 2 fully saturated rings. The predicted molar refractivity (Wildman–Crippen MR) is 151 cm³/mol. The number of fused-ring (bicyclic) bond motifs is 1. The summed E-state index contributed by atoms with van der Waals surface area (Å²) >= 11 is 3.36. The van der Waals surface area contributed by atoms with Gasteiger partial charge in [-0.05, 0) is 60.2 Å². The van der Waals surface area contributed by atoms with E-state index in [1.807, 2.05) is 0 Å². The minimum Gasteiger partial charge on any atom is -0.423 e. The van der Waals surface area contributed by atoms with E-state index < -0.39 is 40.8 Å². The zero-order valence-corrected chi connectivity index (χ0v) is 22.7. The van der Waals surface area contributed by atoms with Crippen LogP contribution in [-0.2, 0) is 14.4 Å². The van der Waals surface area contributed by atoms with E-state index in [4.69, 9.17) is 9.57 Å². The van der Waals surface area contributed by atoms with E-state index in [0.29, 0.717) is 22.5 Å². The van der Waals surface area contributed by atoms with Crippen LogP contribution in [0.3, 0.4) is 0 Å². The van der Waals surface area contributed by atoms with Crippen molar-refractivity contribution >= 4 is 50.8 Å². The van der Waals surface area contributed by atoms with Crippen LogP contribution in [0.1, 0.15) is 22.0 Å². The summed E-state index contributed by atoms with van der Waals surface area (Å²) in [7, 11) is 0. The monoisotopic (exact) mass is 613 g/mol. The second-order valence-corrected chi connectivity index (χ2v) is 10.3. The molecule has 11 heteroatoms. The molecule has 0 N–H and O–H groups in total. The minimum atomic E-state index is -1.15. The summed E-state index contributed by atoms with van der Waals surface area (Å²) < 4.78 is 6.28. The van der Waals surface area contributed by atoms with Gasteiger partial charge < -0.3 is 4.74 Å². The molecule has 2 aliphatic heterocycles. The third-order valence-corrected chi connectivity index (χ3v) is 7.47. The number of imide groups is 1. The highest BCUT2D eigenvalue weighted by atomic mass is 79.9. The van der Waals surface area contributed by atoms with Crippen LogP contribution in [0.25, 0.3) is 0 Å². The van der Waals surface area contributed by atoms with Crippen molar-refractivity contribution in [2.24, 2.45) is 5.92 Å². The molecule has 0 radical (unpaired) electrons. The van der Waals surface area contributed by atoms with E-state index in [9.17, 15) is 24.5 Å². The molecule has 0 aromatic heterocycles. The van der Waals surface area contributed by atoms with E-state index in [1.54, 1.807) is 84.9 Å². The summed E-state index contributed by atoms with van der Waals surface area (Å²) in [5.41, 5.74) is 1.53. The van der Waals surface area contributed by atoms with Crippen LogP contribution in [0.2, 0.25) is 0 Å². The fourth-order valence-corrected chi connectivity index (χ4v) is 5.30. The smallest absolute Gasteiger partial charge is 0.343 e. The number of hydrogen-bond donors (Lipinski definition) is 0. The lowest BCUT2D eigenvalue weighted by atomic mass is 9.90. The van der Waals surface area contributed by atoms with Crippen molar-refractivity contribution in [1.82, 2.24) is 0 Å². The average molecular weight is 614 g/mol. The summed E-state index contributed by atoms with van der Waals surface area (Å²) in [6.07, 6.45) is -1.15. The first kappa shape index (κ1) is 26.4. The van der Waals surface area contributed by atoms with Crippen molar-refractivity contribution in [3.63, 3.8) is 0 Å². The third-order valence-electron chi connectivity index (χ3n) is 6.94. The van der Waals surface area contributed by atoms with Crippen LogP contribution in [-0.4, -0.2) is 28.8 Å². The number of anilines is 2. The third kappa shape index (κ3) is 4.85. The molecule has 204 valence electrons. The Morgan fingerprint density at radius 2 is 1.56 bits per heavy atom. The van der Waals surface area contributed by atoms with Crippen LogP contribution >= 0.6 is 15.9 Å². The number of non-ortho nitro benzene ring substituents is 1. The maximum absolute atomic E-state index is 13.8. The minimum absolute atomic E-state index is 0.167. The number of ether oxygens (including phenoxy) is 1. The average Bonchev–Trinajstić information content (AvgIpc) is 3.50. The number of amides is 2. The van der Waals surface area contributed by atoms with Gasteiger partial charge in [0.1, 0.15) is 11.7 Å². The van der Waals surface area contributed by atoms with Crippen LogP contribution in [0.15, 0.2) is 108 Å². The highest BCUT2D eigenvalue weighted by Gasteiger charge is 2.60. The van der Waals surface area contributed by atoms with Crippen LogP contribution in [0.5, 0.6) is 5.75 Å². The summed E-state index contributed by atoms with van der Waals surface area (Å²) in [6, 6.07) is 26.8. The standard InChI is InChI=1S/C30H20BrN3O7/c31-20-11-13-21(14-12-20)32-28(35)25-26(18-9-15-24(16-10-18)40-30(37)19-5-2-1-3-6-19)33(41-27(25)29(32)36)22-7-4-8-23(17-22)34(38)39/h1-17,25-27H. The van der Waals surface area contributed by atoms with Gasteiger partial charge in [0.15, 0.2) is 6.10 Å². The van der Waals surface area contributed by atoms with Gasteiger partial charge in [-0.25, -0.2) is 14.8 Å². The molecule has 41 heavy (non-hydrogen) atoms. The molecule has 2 aliphatic rings. The molecule has 2 saturated heterocycles. The van der Waals surface area contributed by atoms with Crippen molar-refractivity contribution < 1.29 is 28.9 Å². The molecule has 4 aromatic rings. The summed E-state index contributed by atoms with van der Waals surface area (Å²) in [5, 5.41) is 12.8. The van der Waals surface area contributed by atoms with E-state index in [0.717, 1.165) is 9.37 Å². The number of halogens is 1. The first-order valence-electron chi connectivity index (χ1n) is 12.5. The number of rotatable bonds is 6. The van der Waals surface area contributed by atoms with Crippen molar-refractivity contribution in [2.45, 2.75) is 12.1 Å². The second kappa shape index (κ2) is 10.6. The van der Waals surface area contributed by atoms with E-state index in [2.05, 4.69) is 15.9 Å². The maximum Gasteiger partial charge on any atom is 0.343 e. The Balaban J connectivity index is 1.35. The fourth-order valence-electron chi connectivity index (χ4n) is 5.04. The Hall–Kier alpha value is -4.87. The summed E-state index contributed by atoms with van der Waals surface area (Å²) in [5.74, 6) is -2.18. The number of benzene rings is 4. The number of nitrogens with zero attached hydrogens (tertiary/aromatic N) is 3. The van der Waals surface area contributed by atoms with Crippen LogP contribution in [0, 0.1) is 16.0 Å². The number of carbonyl (C=O) groups excluding carboxylic acids is 3. The Kier molecular flexibility index (Phi) is 6.82. The van der Waals surface area contributed by atoms with Crippen molar-refractivity contribution in [3.05, 3.63) is 129 Å². The molecular weight excluding hydrogens is 594 g/mol. The summed E-state index contributed by atoms with van der Waals surface area (Å²) in [4.78, 5) is 57.9. The number of hydroxylamine groups is 1. The molecule has 2 heterocycles. The molecule has 2 amide bonds. The number of nitro groups is 1. The SMILES string of the molecule is O=C(Oc1ccc(C2C3C(=O)N(c4ccc(Br)cc4)C(=O)C3ON2c2cccc([N+](=O)[O-])c2)cc1)c1ccccc1. The maximum atomic E-state index is 13.8. The fraction of sp³-hybridized carbons (Fsp3) is 0.100. The zero-order valence-electron chi connectivity index (χ0n) is 21.1. The first-order valence-corrected chi connectivity index (χ1v) is 13.3. The number of nitro benzene ring substituents is 1. The lowest BCUT2D eigenvalue weighted by molar-refractivity contribution is -0.384. The quantitative estimate of drug-likeness (QED) is 0.0902. The number of hydrogen-bond acceptors (Lipinski definition) is 8. The van der Waals surface area contributed by atoms with Gasteiger partial charge in [-0.15, -0.1) is 0 Å². The molecule has 3 unspecified atom stereocenters. The van der Waals surface area contributed by atoms with Gasteiger partial charge in [-0.2, -0.15) is 0 Å². The normalized spacial score (nSPS) is 19.8. The van der Waals surface area contributed by atoms with Gasteiger partial charge in [0, 0.05) is 16.6 Å². The predicted octanol–water partition coefficient (Wildman–Crippen LogP) is 5.63. The Bertz CT molecular complexity index is 1660.